The predicted molar refractivity (Wildman–Crippen MR) is 70.5 cm³/mol. The first kappa shape index (κ1) is 12.4. The highest BCUT2D eigenvalue weighted by atomic mass is 16.5. The van der Waals surface area contributed by atoms with Crippen LogP contribution in [0.25, 0.3) is 0 Å². The predicted octanol–water partition coefficient (Wildman–Crippen LogP) is 1.75. The van der Waals surface area contributed by atoms with E-state index < -0.39 is 0 Å². The van der Waals surface area contributed by atoms with Crippen molar-refractivity contribution in [3.63, 3.8) is 0 Å². The molecule has 0 unspecified atom stereocenters. The molecule has 0 aromatic heterocycles. The third-order valence-electron chi connectivity index (χ3n) is 3.08. The van der Waals surface area contributed by atoms with Crippen LogP contribution in [-0.4, -0.2) is 43.7 Å². The molecule has 0 bridgehead atoms. The van der Waals surface area contributed by atoms with Gasteiger partial charge in [-0.15, -0.1) is 0 Å². The number of piperazine rings is 1. The van der Waals surface area contributed by atoms with Crippen molar-refractivity contribution < 1.29 is 4.74 Å². The molecular weight excluding hydrogens is 212 g/mol. The monoisotopic (exact) mass is 234 g/mol. The van der Waals surface area contributed by atoms with Gasteiger partial charge in [0.05, 0.1) is 6.61 Å². The van der Waals surface area contributed by atoms with Crippen molar-refractivity contribution in [3.05, 3.63) is 30.3 Å². The number of para-hydroxylation sites is 1. The van der Waals surface area contributed by atoms with Crippen molar-refractivity contribution in [1.82, 2.24) is 10.2 Å². The quantitative estimate of drug-likeness (QED) is 0.786. The SMILES string of the molecule is C[C@@H]1CN(CCCOc2ccccc2)CCN1. The van der Waals surface area contributed by atoms with Crippen molar-refractivity contribution in [2.24, 2.45) is 0 Å². The van der Waals surface area contributed by atoms with Gasteiger partial charge in [-0.3, -0.25) is 0 Å². The van der Waals surface area contributed by atoms with Gasteiger partial charge in [-0.05, 0) is 25.5 Å². The summed E-state index contributed by atoms with van der Waals surface area (Å²) in [6.07, 6.45) is 1.10. The standard InChI is InChI=1S/C14H22N2O/c1-13-12-16(10-8-15-13)9-5-11-17-14-6-3-2-4-7-14/h2-4,6-7,13,15H,5,8-12H2,1H3/t13-/m1/s1. The van der Waals surface area contributed by atoms with Gasteiger partial charge in [0.2, 0.25) is 0 Å². The molecule has 3 heteroatoms. The Kier molecular flexibility index (Phi) is 4.83. The maximum atomic E-state index is 5.68. The Labute approximate surface area is 104 Å². The fraction of sp³-hybridized carbons (Fsp3) is 0.571. The molecule has 0 spiro atoms. The lowest BCUT2D eigenvalue weighted by Crippen LogP contribution is -2.49. The Morgan fingerprint density at radius 3 is 2.94 bits per heavy atom. The number of benzene rings is 1. The average Bonchev–Trinajstić information content (AvgIpc) is 2.36. The van der Waals surface area contributed by atoms with Gasteiger partial charge in [-0.2, -0.15) is 0 Å². The Morgan fingerprint density at radius 1 is 1.35 bits per heavy atom. The average molecular weight is 234 g/mol. The molecule has 1 fully saturated rings. The molecular formula is C14H22N2O. The highest BCUT2D eigenvalue weighted by Crippen LogP contribution is 2.08. The van der Waals surface area contributed by atoms with E-state index in [9.17, 15) is 0 Å². The van der Waals surface area contributed by atoms with Crippen LogP contribution < -0.4 is 10.1 Å². The second-order valence-electron chi connectivity index (χ2n) is 4.67. The van der Waals surface area contributed by atoms with Gasteiger partial charge in [0.1, 0.15) is 5.75 Å². The van der Waals surface area contributed by atoms with E-state index in [1.807, 2.05) is 30.3 Å². The number of hydrogen-bond acceptors (Lipinski definition) is 3. The fourth-order valence-corrected chi connectivity index (χ4v) is 2.21. The van der Waals surface area contributed by atoms with Gasteiger partial charge in [0, 0.05) is 32.2 Å². The van der Waals surface area contributed by atoms with E-state index in [-0.39, 0.29) is 0 Å². The summed E-state index contributed by atoms with van der Waals surface area (Å²) in [5.41, 5.74) is 0. The summed E-state index contributed by atoms with van der Waals surface area (Å²) in [6.45, 7) is 7.62. The van der Waals surface area contributed by atoms with Crippen molar-refractivity contribution >= 4 is 0 Å². The normalized spacial score (nSPS) is 21.4. The summed E-state index contributed by atoms with van der Waals surface area (Å²) in [5, 5.41) is 3.46. The van der Waals surface area contributed by atoms with Gasteiger partial charge < -0.3 is 15.0 Å². The molecule has 1 heterocycles. The van der Waals surface area contributed by atoms with E-state index in [0.29, 0.717) is 6.04 Å². The van der Waals surface area contributed by atoms with Crippen LogP contribution in [-0.2, 0) is 0 Å². The van der Waals surface area contributed by atoms with Crippen LogP contribution in [0.15, 0.2) is 30.3 Å². The van der Waals surface area contributed by atoms with Crippen molar-refractivity contribution in [3.8, 4) is 5.75 Å². The van der Waals surface area contributed by atoms with Gasteiger partial charge in [0.15, 0.2) is 0 Å². The molecule has 0 radical (unpaired) electrons. The number of nitrogens with zero attached hydrogens (tertiary/aromatic N) is 1. The molecule has 1 aromatic carbocycles. The van der Waals surface area contributed by atoms with Gasteiger partial charge in [-0.25, -0.2) is 0 Å². The van der Waals surface area contributed by atoms with Crippen molar-refractivity contribution in [2.75, 3.05) is 32.8 Å². The van der Waals surface area contributed by atoms with Gasteiger partial charge >= 0.3 is 0 Å². The molecule has 1 saturated heterocycles. The third kappa shape index (κ3) is 4.36. The molecule has 1 N–H and O–H groups in total. The van der Waals surface area contributed by atoms with Crippen LogP contribution in [0.2, 0.25) is 0 Å². The van der Waals surface area contributed by atoms with E-state index in [0.717, 1.165) is 45.0 Å². The lowest BCUT2D eigenvalue weighted by atomic mass is 10.2. The molecule has 0 aliphatic carbocycles. The molecule has 2 rings (SSSR count). The minimum atomic E-state index is 0.624. The summed E-state index contributed by atoms with van der Waals surface area (Å²) in [4.78, 5) is 2.51. The number of rotatable bonds is 5. The number of hydrogen-bond donors (Lipinski definition) is 1. The molecule has 1 aromatic rings. The van der Waals surface area contributed by atoms with Crippen LogP contribution in [0.4, 0.5) is 0 Å². The first-order valence-electron chi connectivity index (χ1n) is 6.48. The summed E-state index contributed by atoms with van der Waals surface area (Å²) in [6, 6.07) is 10.7. The Bertz CT molecular complexity index is 315. The minimum Gasteiger partial charge on any atom is -0.494 e. The molecule has 94 valence electrons. The smallest absolute Gasteiger partial charge is 0.119 e. The zero-order valence-corrected chi connectivity index (χ0v) is 10.6. The van der Waals surface area contributed by atoms with Gasteiger partial charge in [-0.1, -0.05) is 18.2 Å². The van der Waals surface area contributed by atoms with Crippen LogP contribution in [0.3, 0.4) is 0 Å². The Hall–Kier alpha value is -1.06. The van der Waals surface area contributed by atoms with Crippen LogP contribution >= 0.6 is 0 Å². The van der Waals surface area contributed by atoms with Crippen LogP contribution in [0.5, 0.6) is 5.75 Å². The maximum absolute atomic E-state index is 5.68. The summed E-state index contributed by atoms with van der Waals surface area (Å²) < 4.78 is 5.68. The second kappa shape index (κ2) is 6.62. The highest BCUT2D eigenvalue weighted by molar-refractivity contribution is 5.20. The fourth-order valence-electron chi connectivity index (χ4n) is 2.21. The lowest BCUT2D eigenvalue weighted by molar-refractivity contribution is 0.189. The van der Waals surface area contributed by atoms with E-state index in [4.69, 9.17) is 4.74 Å². The molecule has 17 heavy (non-hydrogen) atoms. The Balaban J connectivity index is 1.60. The van der Waals surface area contributed by atoms with E-state index >= 15 is 0 Å². The summed E-state index contributed by atoms with van der Waals surface area (Å²) in [5.74, 6) is 0.973. The zero-order chi connectivity index (χ0) is 11.9. The second-order valence-corrected chi connectivity index (χ2v) is 4.67. The van der Waals surface area contributed by atoms with Crippen LogP contribution in [0, 0.1) is 0 Å². The van der Waals surface area contributed by atoms with Gasteiger partial charge in [0.25, 0.3) is 0 Å². The molecule has 1 atom stereocenters. The van der Waals surface area contributed by atoms with E-state index in [1.54, 1.807) is 0 Å². The minimum absolute atomic E-state index is 0.624. The first-order valence-corrected chi connectivity index (χ1v) is 6.48. The first-order chi connectivity index (χ1) is 8.34. The molecule has 0 saturated carbocycles. The van der Waals surface area contributed by atoms with E-state index in [1.165, 1.54) is 0 Å². The summed E-state index contributed by atoms with van der Waals surface area (Å²) >= 11 is 0. The maximum Gasteiger partial charge on any atom is 0.119 e. The molecule has 0 amide bonds. The largest absolute Gasteiger partial charge is 0.494 e. The molecule has 1 aliphatic heterocycles. The Morgan fingerprint density at radius 2 is 2.18 bits per heavy atom. The molecule has 1 aliphatic rings. The topological polar surface area (TPSA) is 24.5 Å². The van der Waals surface area contributed by atoms with Crippen molar-refractivity contribution in [2.45, 2.75) is 19.4 Å². The highest BCUT2D eigenvalue weighted by Gasteiger charge is 2.14. The van der Waals surface area contributed by atoms with Crippen molar-refractivity contribution in [1.29, 1.82) is 0 Å². The van der Waals surface area contributed by atoms with Crippen LogP contribution in [0.1, 0.15) is 13.3 Å². The summed E-state index contributed by atoms with van der Waals surface area (Å²) in [7, 11) is 0. The number of nitrogens with one attached hydrogen (secondary N) is 1. The lowest BCUT2D eigenvalue weighted by Gasteiger charge is -2.31. The molecule has 3 nitrogen and oxygen atoms in total. The number of ether oxygens (including phenoxy) is 1. The zero-order valence-electron chi connectivity index (χ0n) is 10.6. The third-order valence-corrected chi connectivity index (χ3v) is 3.08. The van der Waals surface area contributed by atoms with E-state index in [2.05, 4.69) is 17.1 Å².